The summed E-state index contributed by atoms with van der Waals surface area (Å²) < 4.78 is 42.6. The number of nitrogens with one attached hydrogen (secondary N) is 1. The Kier molecular flexibility index (Phi) is 5.44. The molecule has 0 saturated carbocycles. The Morgan fingerprint density at radius 2 is 1.94 bits per heavy atom. The Morgan fingerprint density at radius 3 is 2.61 bits per heavy atom. The summed E-state index contributed by atoms with van der Waals surface area (Å²) in [6, 6.07) is 6.28. The number of carbonyl (C=O) groups excluding carboxylic acids is 2. The van der Waals surface area contributed by atoms with Gasteiger partial charge in [-0.25, -0.2) is 4.98 Å². The molecule has 3 aromatic rings. The standard InChI is InChI=1S/C21H19F3N6O3/c1-11-7-15(18(25)26-8-11)19(31)28-16-9-27-30-12(2)10-29(20(32)17(16)30)13-3-5-14(6-4-13)33-21(22,23)24/h3-9,12H,10H2,1-2H3,(H2,25,26)(H,28,31)/t12-/m0/s1. The van der Waals surface area contributed by atoms with Gasteiger partial charge in [-0.05, 0) is 49.7 Å². The molecule has 3 heterocycles. The average molecular weight is 460 g/mol. The van der Waals surface area contributed by atoms with Crippen LogP contribution in [0.1, 0.15) is 39.4 Å². The minimum absolute atomic E-state index is 0.0432. The summed E-state index contributed by atoms with van der Waals surface area (Å²) in [5, 5.41) is 6.88. The predicted octanol–water partition coefficient (Wildman–Crippen LogP) is 3.54. The number of nitrogens with two attached hydrogens (primary N) is 1. The molecule has 0 radical (unpaired) electrons. The molecule has 33 heavy (non-hydrogen) atoms. The Morgan fingerprint density at radius 1 is 1.24 bits per heavy atom. The highest BCUT2D eigenvalue weighted by molar-refractivity contribution is 6.14. The summed E-state index contributed by atoms with van der Waals surface area (Å²) >= 11 is 0. The van der Waals surface area contributed by atoms with Crippen LogP contribution in [0.5, 0.6) is 5.75 Å². The van der Waals surface area contributed by atoms with Crippen molar-refractivity contribution in [2.45, 2.75) is 26.3 Å². The third-order valence-corrected chi connectivity index (χ3v) is 5.04. The first-order valence-electron chi connectivity index (χ1n) is 9.82. The van der Waals surface area contributed by atoms with E-state index in [1.54, 1.807) is 13.0 Å². The van der Waals surface area contributed by atoms with E-state index in [9.17, 15) is 22.8 Å². The highest BCUT2D eigenvalue weighted by atomic mass is 19.4. The average Bonchev–Trinajstić information content (AvgIpc) is 3.16. The number of nitrogens with zero attached hydrogens (tertiary/aromatic N) is 4. The largest absolute Gasteiger partial charge is 0.573 e. The molecule has 2 amide bonds. The van der Waals surface area contributed by atoms with Crippen molar-refractivity contribution in [1.29, 1.82) is 0 Å². The SMILES string of the molecule is Cc1cnc(N)c(C(=O)Nc2cnn3c2C(=O)N(c2ccc(OC(F)(F)F)cc2)C[C@@H]3C)c1. The zero-order chi connectivity index (χ0) is 23.9. The number of rotatable bonds is 4. The van der Waals surface area contributed by atoms with Crippen molar-refractivity contribution in [3.8, 4) is 5.75 Å². The molecular formula is C21H19F3N6O3. The molecule has 2 aromatic heterocycles. The molecule has 1 aliphatic heterocycles. The predicted molar refractivity (Wildman–Crippen MR) is 113 cm³/mol. The highest BCUT2D eigenvalue weighted by Crippen LogP contribution is 2.32. The third-order valence-electron chi connectivity index (χ3n) is 5.04. The van der Waals surface area contributed by atoms with Gasteiger partial charge in [0.25, 0.3) is 11.8 Å². The van der Waals surface area contributed by atoms with Gasteiger partial charge in [-0.1, -0.05) is 0 Å². The molecule has 1 aliphatic rings. The van der Waals surface area contributed by atoms with Crippen LogP contribution in [0.15, 0.2) is 42.7 Å². The van der Waals surface area contributed by atoms with Gasteiger partial charge in [0.05, 0.1) is 23.5 Å². The van der Waals surface area contributed by atoms with E-state index in [1.807, 2.05) is 6.92 Å². The number of fused-ring (bicyclic) bond motifs is 1. The van der Waals surface area contributed by atoms with Crippen LogP contribution in [0.4, 0.5) is 30.4 Å². The molecule has 0 bridgehead atoms. The maximum atomic E-state index is 13.3. The maximum Gasteiger partial charge on any atom is 0.573 e. The van der Waals surface area contributed by atoms with E-state index in [4.69, 9.17) is 5.73 Å². The van der Waals surface area contributed by atoms with E-state index in [0.29, 0.717) is 5.69 Å². The maximum absolute atomic E-state index is 13.3. The van der Waals surface area contributed by atoms with Crippen LogP contribution < -0.4 is 20.7 Å². The first-order valence-corrected chi connectivity index (χ1v) is 9.82. The van der Waals surface area contributed by atoms with E-state index in [2.05, 4.69) is 20.1 Å². The van der Waals surface area contributed by atoms with Gasteiger partial charge in [0.15, 0.2) is 5.69 Å². The van der Waals surface area contributed by atoms with Gasteiger partial charge >= 0.3 is 6.36 Å². The van der Waals surface area contributed by atoms with Crippen molar-refractivity contribution in [2.24, 2.45) is 0 Å². The number of aromatic nitrogens is 3. The van der Waals surface area contributed by atoms with Crippen LogP contribution >= 0.6 is 0 Å². The van der Waals surface area contributed by atoms with Gasteiger partial charge in [0.1, 0.15) is 11.6 Å². The lowest BCUT2D eigenvalue weighted by Crippen LogP contribution is -2.43. The number of carbonyl (C=O) groups is 2. The van der Waals surface area contributed by atoms with Crippen molar-refractivity contribution >= 4 is 29.0 Å². The number of alkyl halides is 3. The van der Waals surface area contributed by atoms with E-state index < -0.39 is 23.9 Å². The van der Waals surface area contributed by atoms with Gasteiger partial charge < -0.3 is 20.7 Å². The Bertz CT molecular complexity index is 1220. The molecular weight excluding hydrogens is 441 g/mol. The topological polar surface area (TPSA) is 115 Å². The lowest BCUT2D eigenvalue weighted by molar-refractivity contribution is -0.274. The van der Waals surface area contributed by atoms with E-state index in [0.717, 1.165) is 17.7 Å². The number of amides is 2. The number of hydrogen-bond donors (Lipinski definition) is 2. The fourth-order valence-electron chi connectivity index (χ4n) is 3.56. The van der Waals surface area contributed by atoms with Crippen LogP contribution in [0.25, 0.3) is 0 Å². The minimum atomic E-state index is -4.81. The first-order chi connectivity index (χ1) is 15.5. The van der Waals surface area contributed by atoms with Gasteiger partial charge in [-0.2, -0.15) is 5.10 Å². The number of pyridine rings is 1. The van der Waals surface area contributed by atoms with Crippen molar-refractivity contribution in [2.75, 3.05) is 22.5 Å². The first kappa shape index (κ1) is 22.1. The molecule has 0 fully saturated rings. The van der Waals surface area contributed by atoms with Gasteiger partial charge in [0, 0.05) is 18.4 Å². The lowest BCUT2D eigenvalue weighted by atomic mass is 10.1. The number of halogens is 3. The fraction of sp³-hybridized carbons (Fsp3) is 0.238. The zero-order valence-electron chi connectivity index (χ0n) is 17.6. The second kappa shape index (κ2) is 8.11. The summed E-state index contributed by atoms with van der Waals surface area (Å²) in [4.78, 5) is 31.4. The molecule has 0 unspecified atom stereocenters. The quantitative estimate of drug-likeness (QED) is 0.615. The molecule has 3 N–H and O–H groups in total. The molecule has 0 aliphatic carbocycles. The summed E-state index contributed by atoms with van der Waals surface area (Å²) in [6.07, 6.45) is -1.92. The molecule has 1 atom stereocenters. The smallest absolute Gasteiger partial charge is 0.406 e. The van der Waals surface area contributed by atoms with Crippen LogP contribution in [-0.2, 0) is 0 Å². The second-order valence-electron chi connectivity index (χ2n) is 7.56. The summed E-state index contributed by atoms with van der Waals surface area (Å²) in [7, 11) is 0. The summed E-state index contributed by atoms with van der Waals surface area (Å²) in [6.45, 7) is 3.82. The Labute approximate surface area is 186 Å². The van der Waals surface area contributed by atoms with E-state index in [-0.39, 0.29) is 35.3 Å². The van der Waals surface area contributed by atoms with E-state index >= 15 is 0 Å². The summed E-state index contributed by atoms with van der Waals surface area (Å²) in [5.74, 6) is -1.38. The number of hydrogen-bond acceptors (Lipinski definition) is 6. The normalized spacial score (nSPS) is 15.8. The molecule has 4 rings (SSSR count). The Balaban J connectivity index is 1.61. The van der Waals surface area contributed by atoms with Crippen LogP contribution in [0.3, 0.4) is 0 Å². The van der Waals surface area contributed by atoms with E-state index in [1.165, 1.54) is 34.1 Å². The van der Waals surface area contributed by atoms with Gasteiger partial charge in [-0.15, -0.1) is 13.2 Å². The number of benzene rings is 1. The molecule has 172 valence electrons. The monoisotopic (exact) mass is 460 g/mol. The number of anilines is 3. The van der Waals surface area contributed by atoms with Crippen molar-refractivity contribution in [3.05, 3.63) is 59.5 Å². The van der Waals surface area contributed by atoms with Crippen LogP contribution in [0, 0.1) is 6.92 Å². The number of aryl methyl sites for hydroxylation is 1. The zero-order valence-corrected chi connectivity index (χ0v) is 17.6. The van der Waals surface area contributed by atoms with Crippen molar-refractivity contribution in [3.63, 3.8) is 0 Å². The van der Waals surface area contributed by atoms with Gasteiger partial charge in [0.2, 0.25) is 0 Å². The number of ether oxygens (including phenoxy) is 1. The fourth-order valence-corrected chi connectivity index (χ4v) is 3.56. The highest BCUT2D eigenvalue weighted by Gasteiger charge is 2.35. The van der Waals surface area contributed by atoms with Crippen molar-refractivity contribution in [1.82, 2.24) is 14.8 Å². The van der Waals surface area contributed by atoms with Crippen LogP contribution in [-0.4, -0.2) is 39.5 Å². The molecule has 1 aromatic carbocycles. The Hall–Kier alpha value is -4.09. The minimum Gasteiger partial charge on any atom is -0.406 e. The van der Waals surface area contributed by atoms with Gasteiger partial charge in [-0.3, -0.25) is 14.3 Å². The third kappa shape index (κ3) is 4.45. The summed E-state index contributed by atoms with van der Waals surface area (Å²) in [5.41, 5.74) is 7.39. The molecule has 0 saturated heterocycles. The molecule has 0 spiro atoms. The number of nitrogen functional groups attached to an aromatic ring is 1. The second-order valence-corrected chi connectivity index (χ2v) is 7.56. The lowest BCUT2D eigenvalue weighted by Gasteiger charge is -2.32. The molecule has 9 nitrogen and oxygen atoms in total. The van der Waals surface area contributed by atoms with Crippen LogP contribution in [0.2, 0.25) is 0 Å². The molecule has 12 heteroatoms. The van der Waals surface area contributed by atoms with Crippen molar-refractivity contribution < 1.29 is 27.5 Å².